The molecule has 1 heterocycles. The van der Waals surface area contributed by atoms with Crippen molar-refractivity contribution in [3.05, 3.63) is 16.4 Å². The number of halogens is 1. The maximum Gasteiger partial charge on any atom is 0.324 e. The number of esters is 1. The molecule has 0 radical (unpaired) electrons. The van der Waals surface area contributed by atoms with Gasteiger partial charge in [0.25, 0.3) is 0 Å². The summed E-state index contributed by atoms with van der Waals surface area (Å²) < 4.78 is 6.57. The monoisotopic (exact) mass is 271 g/mol. The summed E-state index contributed by atoms with van der Waals surface area (Å²) in [6.07, 6.45) is 2.23. The molecule has 1 unspecified atom stereocenters. The number of nitrogens with zero attached hydrogens (tertiary/aromatic N) is 2. The highest BCUT2D eigenvalue weighted by Crippen LogP contribution is 2.22. The van der Waals surface area contributed by atoms with Crippen molar-refractivity contribution >= 4 is 17.6 Å². The van der Waals surface area contributed by atoms with Gasteiger partial charge in [0.1, 0.15) is 6.04 Å². The lowest BCUT2D eigenvalue weighted by molar-refractivity contribution is -0.143. The molecule has 0 spiro atoms. The molecule has 18 heavy (non-hydrogen) atoms. The molecule has 0 aliphatic heterocycles. The molecule has 0 amide bonds. The van der Waals surface area contributed by atoms with Crippen LogP contribution in [0.1, 0.15) is 24.2 Å². The summed E-state index contributed by atoms with van der Waals surface area (Å²) in [5, 5.41) is 8.26. The first-order chi connectivity index (χ1) is 8.52. The Bertz CT molecular complexity index is 454. The number of hydrogen-bond acceptors (Lipinski definition) is 4. The van der Waals surface area contributed by atoms with Gasteiger partial charge in [-0.15, -0.1) is 0 Å². The van der Waals surface area contributed by atoms with Crippen molar-refractivity contribution < 1.29 is 9.53 Å². The first-order valence-electron chi connectivity index (χ1n) is 6.06. The predicted molar refractivity (Wildman–Crippen MR) is 68.7 cm³/mol. The average Bonchev–Trinajstić information content (AvgIpc) is 3.13. The molecule has 2 rings (SSSR count). The summed E-state index contributed by atoms with van der Waals surface area (Å²) >= 11 is 6.09. The SMILES string of the molecule is COC(=O)C(Cn1nc(C)c(Cl)c1C)NC1CC1. The van der Waals surface area contributed by atoms with E-state index in [4.69, 9.17) is 16.3 Å². The summed E-state index contributed by atoms with van der Waals surface area (Å²) in [6, 6.07) is 0.0677. The molecule has 100 valence electrons. The van der Waals surface area contributed by atoms with E-state index in [0.29, 0.717) is 17.6 Å². The van der Waals surface area contributed by atoms with Crippen LogP contribution in [0.4, 0.5) is 0 Å². The quantitative estimate of drug-likeness (QED) is 0.824. The number of aryl methyl sites for hydroxylation is 1. The number of nitrogens with one attached hydrogen (secondary N) is 1. The van der Waals surface area contributed by atoms with E-state index in [-0.39, 0.29) is 12.0 Å². The topological polar surface area (TPSA) is 56.2 Å². The highest BCUT2D eigenvalue weighted by Gasteiger charge is 2.30. The van der Waals surface area contributed by atoms with Crippen molar-refractivity contribution in [2.75, 3.05) is 7.11 Å². The number of hydrogen-bond donors (Lipinski definition) is 1. The van der Waals surface area contributed by atoms with Crippen LogP contribution >= 0.6 is 11.6 Å². The standard InChI is InChI=1S/C12H18ClN3O2/c1-7-11(13)8(2)16(15-7)6-10(12(17)18-3)14-9-4-5-9/h9-10,14H,4-6H2,1-3H3. The summed E-state index contributed by atoms with van der Waals surface area (Å²) in [6.45, 7) is 4.20. The Kier molecular flexibility index (Phi) is 3.92. The van der Waals surface area contributed by atoms with Crippen molar-refractivity contribution in [3.8, 4) is 0 Å². The lowest BCUT2D eigenvalue weighted by Crippen LogP contribution is -2.42. The molecule has 1 saturated carbocycles. The number of rotatable bonds is 5. The molecule has 1 aliphatic rings. The fourth-order valence-electron chi connectivity index (χ4n) is 1.90. The molecule has 6 heteroatoms. The van der Waals surface area contributed by atoms with Gasteiger partial charge in [-0.2, -0.15) is 5.10 Å². The second-order valence-corrected chi connectivity index (χ2v) is 5.06. The molecule has 0 bridgehead atoms. The van der Waals surface area contributed by atoms with E-state index in [1.54, 1.807) is 4.68 Å². The highest BCUT2D eigenvalue weighted by molar-refractivity contribution is 6.31. The van der Waals surface area contributed by atoms with E-state index in [1.165, 1.54) is 7.11 Å². The number of methoxy groups -OCH3 is 1. The number of aromatic nitrogens is 2. The second-order valence-electron chi connectivity index (χ2n) is 4.68. The molecular formula is C12H18ClN3O2. The van der Waals surface area contributed by atoms with Gasteiger partial charge in [-0.3, -0.25) is 9.48 Å². The van der Waals surface area contributed by atoms with Crippen LogP contribution in [0.3, 0.4) is 0 Å². The molecular weight excluding hydrogens is 254 g/mol. The smallest absolute Gasteiger partial charge is 0.324 e. The van der Waals surface area contributed by atoms with Crippen molar-refractivity contribution in [1.29, 1.82) is 0 Å². The molecule has 0 aromatic carbocycles. The van der Waals surface area contributed by atoms with Gasteiger partial charge >= 0.3 is 5.97 Å². The lowest BCUT2D eigenvalue weighted by Gasteiger charge is -2.17. The van der Waals surface area contributed by atoms with Crippen LogP contribution in [0.25, 0.3) is 0 Å². The van der Waals surface area contributed by atoms with E-state index in [0.717, 1.165) is 24.2 Å². The highest BCUT2D eigenvalue weighted by atomic mass is 35.5. The summed E-state index contributed by atoms with van der Waals surface area (Å²) in [5.74, 6) is -0.259. The summed E-state index contributed by atoms with van der Waals surface area (Å²) in [4.78, 5) is 11.7. The van der Waals surface area contributed by atoms with Gasteiger partial charge in [-0.05, 0) is 26.7 Å². The van der Waals surface area contributed by atoms with Crippen molar-refractivity contribution in [3.63, 3.8) is 0 Å². The molecule has 1 aromatic heterocycles. The Balaban J connectivity index is 2.11. The maximum absolute atomic E-state index is 11.7. The molecule has 0 saturated heterocycles. The van der Waals surface area contributed by atoms with E-state index in [1.807, 2.05) is 13.8 Å². The van der Waals surface area contributed by atoms with Gasteiger partial charge in [0.2, 0.25) is 0 Å². The van der Waals surface area contributed by atoms with E-state index in [2.05, 4.69) is 10.4 Å². The first kappa shape index (κ1) is 13.4. The van der Waals surface area contributed by atoms with Crippen LogP contribution in [0.5, 0.6) is 0 Å². The Morgan fingerprint density at radius 2 is 2.28 bits per heavy atom. The Morgan fingerprint density at radius 3 is 2.72 bits per heavy atom. The fraction of sp³-hybridized carbons (Fsp3) is 0.667. The van der Waals surface area contributed by atoms with Crippen molar-refractivity contribution in [2.24, 2.45) is 0 Å². The molecule has 5 nitrogen and oxygen atoms in total. The van der Waals surface area contributed by atoms with Crippen LogP contribution in [0, 0.1) is 13.8 Å². The Labute approximate surface area is 111 Å². The number of ether oxygens (including phenoxy) is 1. The van der Waals surface area contributed by atoms with Crippen LogP contribution < -0.4 is 5.32 Å². The van der Waals surface area contributed by atoms with Crippen molar-refractivity contribution in [2.45, 2.75) is 45.3 Å². The summed E-state index contributed by atoms with van der Waals surface area (Å²) in [5.41, 5.74) is 1.66. The van der Waals surface area contributed by atoms with E-state index in [9.17, 15) is 4.79 Å². The molecule has 1 fully saturated rings. The Hall–Kier alpha value is -1.07. The number of carbonyl (C=O) groups excluding carboxylic acids is 1. The minimum absolute atomic E-state index is 0.259. The lowest BCUT2D eigenvalue weighted by atomic mass is 10.3. The summed E-state index contributed by atoms with van der Waals surface area (Å²) in [7, 11) is 1.40. The number of carbonyl (C=O) groups is 1. The molecule has 1 aromatic rings. The minimum Gasteiger partial charge on any atom is -0.468 e. The van der Waals surface area contributed by atoms with Gasteiger partial charge < -0.3 is 10.1 Å². The third-order valence-electron chi connectivity index (χ3n) is 3.15. The van der Waals surface area contributed by atoms with Gasteiger partial charge in [0.15, 0.2) is 0 Å². The maximum atomic E-state index is 11.7. The third-order valence-corrected chi connectivity index (χ3v) is 3.70. The molecule has 1 N–H and O–H groups in total. The van der Waals surface area contributed by atoms with Crippen LogP contribution in [-0.4, -0.2) is 34.9 Å². The average molecular weight is 272 g/mol. The normalized spacial score (nSPS) is 16.7. The van der Waals surface area contributed by atoms with Gasteiger partial charge in [0, 0.05) is 6.04 Å². The first-order valence-corrected chi connectivity index (χ1v) is 6.44. The van der Waals surface area contributed by atoms with Crippen LogP contribution in [0.2, 0.25) is 5.02 Å². The second kappa shape index (κ2) is 5.28. The Morgan fingerprint density at radius 1 is 1.61 bits per heavy atom. The van der Waals surface area contributed by atoms with Crippen molar-refractivity contribution in [1.82, 2.24) is 15.1 Å². The molecule has 1 aliphatic carbocycles. The molecule has 1 atom stereocenters. The van der Waals surface area contributed by atoms with Crippen LogP contribution in [-0.2, 0) is 16.1 Å². The zero-order valence-corrected chi connectivity index (χ0v) is 11.6. The minimum atomic E-state index is -0.364. The van der Waals surface area contributed by atoms with Gasteiger partial charge in [-0.1, -0.05) is 11.6 Å². The van der Waals surface area contributed by atoms with Gasteiger partial charge in [-0.25, -0.2) is 0 Å². The largest absolute Gasteiger partial charge is 0.468 e. The third kappa shape index (κ3) is 2.84. The van der Waals surface area contributed by atoms with E-state index >= 15 is 0 Å². The fourth-order valence-corrected chi connectivity index (χ4v) is 2.03. The van der Waals surface area contributed by atoms with E-state index < -0.39 is 0 Å². The van der Waals surface area contributed by atoms with Gasteiger partial charge in [0.05, 0.1) is 30.1 Å². The zero-order chi connectivity index (χ0) is 13.3. The zero-order valence-electron chi connectivity index (χ0n) is 10.9. The van der Waals surface area contributed by atoms with Crippen LogP contribution in [0.15, 0.2) is 0 Å². The predicted octanol–water partition coefficient (Wildman–Crippen LogP) is 1.45.